The lowest BCUT2D eigenvalue weighted by atomic mass is 9.93. The number of pyridine rings is 1. The molecule has 188 valence electrons. The summed E-state index contributed by atoms with van der Waals surface area (Å²) in [6.45, 7) is -2.53. The second-order valence-electron chi connectivity index (χ2n) is 9.09. The highest BCUT2D eigenvalue weighted by atomic mass is 19.3. The van der Waals surface area contributed by atoms with Crippen LogP contribution in [0, 0.1) is 5.82 Å². The van der Waals surface area contributed by atoms with Crippen molar-refractivity contribution in [2.75, 3.05) is 6.54 Å². The normalized spacial score (nSPS) is 16.0. The zero-order chi connectivity index (χ0) is 25.7. The molecule has 0 radical (unpaired) electrons. The average Bonchev–Trinajstić information content (AvgIpc) is 3.57. The molecule has 2 aromatic carbocycles. The van der Waals surface area contributed by atoms with Crippen LogP contribution >= 0.6 is 0 Å². The van der Waals surface area contributed by atoms with Crippen LogP contribution in [0.15, 0.2) is 65.6 Å². The Morgan fingerprint density at radius 3 is 2.78 bits per heavy atom. The fourth-order valence-corrected chi connectivity index (χ4v) is 5.03. The van der Waals surface area contributed by atoms with Gasteiger partial charge >= 0.3 is 6.61 Å². The lowest BCUT2D eigenvalue weighted by molar-refractivity contribution is -0.128. The Morgan fingerprint density at radius 2 is 2.03 bits per heavy atom. The topological polar surface area (TPSA) is 73.4 Å². The quantitative estimate of drug-likeness (QED) is 0.298. The number of alkyl halides is 2. The van der Waals surface area contributed by atoms with Crippen molar-refractivity contribution in [3.05, 3.63) is 78.1 Å². The summed E-state index contributed by atoms with van der Waals surface area (Å²) in [4.78, 5) is 18.6. The predicted octanol–water partition coefficient (Wildman–Crippen LogP) is 5.64. The van der Waals surface area contributed by atoms with E-state index in [2.05, 4.69) is 14.8 Å². The van der Waals surface area contributed by atoms with E-state index in [4.69, 9.17) is 4.42 Å². The first-order valence-electron chi connectivity index (χ1n) is 11.7. The molecule has 1 atom stereocenters. The SMILES string of the molecule is Cn1cc(-c2ccc(CN3CC(c4ccc(OC(F)F)c5oc6cnccc6c45)CC3=O)c(F)c2)cn1. The minimum Gasteiger partial charge on any atom is -0.451 e. The fraction of sp³-hybridized carbons (Fsp3) is 0.222. The van der Waals surface area contributed by atoms with Gasteiger partial charge in [0.1, 0.15) is 5.82 Å². The molecule has 0 spiro atoms. The molecule has 0 aliphatic carbocycles. The number of carbonyl (C=O) groups is 1. The van der Waals surface area contributed by atoms with Crippen LogP contribution in [0.25, 0.3) is 33.1 Å². The Labute approximate surface area is 209 Å². The second-order valence-corrected chi connectivity index (χ2v) is 9.09. The van der Waals surface area contributed by atoms with Crippen LogP contribution in [-0.2, 0) is 18.4 Å². The van der Waals surface area contributed by atoms with Crippen LogP contribution in [0.2, 0.25) is 0 Å². The molecule has 0 N–H and O–H groups in total. The number of ether oxygens (including phenoxy) is 1. The molecule has 1 aliphatic heterocycles. The summed E-state index contributed by atoms with van der Waals surface area (Å²) < 4.78 is 53.1. The predicted molar refractivity (Wildman–Crippen MR) is 130 cm³/mol. The first-order valence-corrected chi connectivity index (χ1v) is 11.7. The highest BCUT2D eigenvalue weighted by molar-refractivity contribution is 6.08. The van der Waals surface area contributed by atoms with Crippen molar-refractivity contribution in [1.29, 1.82) is 0 Å². The molecule has 4 heterocycles. The number of benzene rings is 2. The Morgan fingerprint density at radius 1 is 1.16 bits per heavy atom. The maximum atomic E-state index is 15.0. The summed E-state index contributed by atoms with van der Waals surface area (Å²) in [7, 11) is 1.79. The maximum Gasteiger partial charge on any atom is 0.387 e. The molecule has 1 aliphatic rings. The van der Waals surface area contributed by atoms with Gasteiger partial charge in [-0.25, -0.2) is 4.39 Å². The third-order valence-corrected chi connectivity index (χ3v) is 6.74. The van der Waals surface area contributed by atoms with Gasteiger partial charge in [-0.2, -0.15) is 13.9 Å². The van der Waals surface area contributed by atoms with Crippen LogP contribution in [0.1, 0.15) is 23.5 Å². The highest BCUT2D eigenvalue weighted by Crippen LogP contribution is 2.42. The van der Waals surface area contributed by atoms with Crippen LogP contribution in [0.5, 0.6) is 5.75 Å². The van der Waals surface area contributed by atoms with E-state index in [1.807, 2.05) is 6.07 Å². The zero-order valence-electron chi connectivity index (χ0n) is 19.7. The number of aryl methyl sites for hydroxylation is 1. The molecular weight excluding hydrogens is 485 g/mol. The van der Waals surface area contributed by atoms with E-state index in [-0.39, 0.29) is 36.1 Å². The summed E-state index contributed by atoms with van der Waals surface area (Å²) in [5, 5.41) is 5.43. The minimum absolute atomic E-state index is 0.0816. The van der Waals surface area contributed by atoms with E-state index in [0.717, 1.165) is 11.1 Å². The monoisotopic (exact) mass is 506 g/mol. The standard InChI is InChI=1S/C27H21F3N4O3/c1-33-12-18(10-32-33)15-2-3-16(21(28)8-15)13-34-14-17(9-24(34)35)19-4-5-22(37-27(29)30)26-25(19)20-6-7-31-11-23(20)36-26/h2-8,10-12,17,27H,9,13-14H2,1H3. The molecular formula is C27H21F3N4O3. The largest absolute Gasteiger partial charge is 0.451 e. The van der Waals surface area contributed by atoms with E-state index in [0.29, 0.717) is 34.0 Å². The van der Waals surface area contributed by atoms with Crippen molar-refractivity contribution in [1.82, 2.24) is 19.7 Å². The van der Waals surface area contributed by atoms with Gasteiger partial charge in [-0.15, -0.1) is 0 Å². The molecule has 1 saturated heterocycles. The highest BCUT2D eigenvalue weighted by Gasteiger charge is 2.33. The van der Waals surface area contributed by atoms with Gasteiger partial charge in [0.15, 0.2) is 16.9 Å². The number of rotatable bonds is 6. The molecule has 1 unspecified atom stereocenters. The van der Waals surface area contributed by atoms with E-state index in [1.54, 1.807) is 53.4 Å². The van der Waals surface area contributed by atoms with Crippen molar-refractivity contribution < 1.29 is 27.1 Å². The van der Waals surface area contributed by atoms with Crippen molar-refractivity contribution >= 4 is 27.8 Å². The van der Waals surface area contributed by atoms with Gasteiger partial charge < -0.3 is 14.1 Å². The smallest absolute Gasteiger partial charge is 0.387 e. The molecule has 7 nitrogen and oxygen atoms in total. The number of aromatic nitrogens is 3. The number of hydrogen-bond donors (Lipinski definition) is 0. The van der Waals surface area contributed by atoms with Gasteiger partial charge in [0.25, 0.3) is 0 Å². The number of furan rings is 1. The number of carbonyl (C=O) groups excluding carboxylic acids is 1. The number of amides is 1. The third kappa shape index (κ3) is 4.18. The van der Waals surface area contributed by atoms with E-state index < -0.39 is 12.4 Å². The van der Waals surface area contributed by atoms with Gasteiger partial charge in [-0.1, -0.05) is 18.2 Å². The number of likely N-dealkylation sites (tertiary alicyclic amines) is 1. The molecule has 5 aromatic rings. The van der Waals surface area contributed by atoms with Crippen molar-refractivity contribution in [2.24, 2.45) is 7.05 Å². The molecule has 6 rings (SSSR count). The van der Waals surface area contributed by atoms with Crippen LogP contribution < -0.4 is 4.74 Å². The van der Waals surface area contributed by atoms with E-state index in [9.17, 15) is 18.0 Å². The van der Waals surface area contributed by atoms with Crippen molar-refractivity contribution in [3.63, 3.8) is 0 Å². The third-order valence-electron chi connectivity index (χ3n) is 6.74. The summed E-state index contributed by atoms with van der Waals surface area (Å²) in [5.41, 5.74) is 3.31. The number of halogens is 3. The van der Waals surface area contributed by atoms with Gasteiger partial charge in [0.2, 0.25) is 5.91 Å². The average molecular weight is 506 g/mol. The van der Waals surface area contributed by atoms with Crippen LogP contribution in [0.4, 0.5) is 13.2 Å². The Bertz CT molecular complexity index is 1650. The van der Waals surface area contributed by atoms with Gasteiger partial charge in [0, 0.05) is 66.8 Å². The van der Waals surface area contributed by atoms with Crippen molar-refractivity contribution in [2.45, 2.75) is 25.5 Å². The van der Waals surface area contributed by atoms with E-state index >= 15 is 0 Å². The van der Waals surface area contributed by atoms with E-state index in [1.165, 1.54) is 18.3 Å². The number of fused-ring (bicyclic) bond motifs is 3. The molecule has 0 saturated carbocycles. The summed E-state index contributed by atoms with van der Waals surface area (Å²) in [6.07, 6.45) is 6.77. The van der Waals surface area contributed by atoms with Crippen molar-refractivity contribution in [3.8, 4) is 16.9 Å². The Balaban J connectivity index is 1.30. The molecule has 10 heteroatoms. The lowest BCUT2D eigenvalue weighted by Gasteiger charge is -2.18. The first kappa shape index (κ1) is 23.1. The summed E-state index contributed by atoms with van der Waals surface area (Å²) in [5.74, 6) is -0.831. The Hall–Kier alpha value is -4.34. The number of hydrogen-bond acceptors (Lipinski definition) is 5. The van der Waals surface area contributed by atoms with Gasteiger partial charge in [-0.05, 0) is 29.3 Å². The number of nitrogens with zero attached hydrogens (tertiary/aromatic N) is 4. The summed E-state index contributed by atoms with van der Waals surface area (Å²) in [6, 6.07) is 9.81. The zero-order valence-corrected chi connectivity index (χ0v) is 19.7. The molecule has 0 bridgehead atoms. The molecule has 3 aromatic heterocycles. The molecule has 37 heavy (non-hydrogen) atoms. The Kier molecular flexibility index (Phi) is 5.58. The van der Waals surface area contributed by atoms with Gasteiger partial charge in [0.05, 0.1) is 12.4 Å². The van der Waals surface area contributed by atoms with Gasteiger partial charge in [-0.3, -0.25) is 14.5 Å². The maximum absolute atomic E-state index is 15.0. The molecule has 1 amide bonds. The lowest BCUT2D eigenvalue weighted by Crippen LogP contribution is -2.25. The van der Waals surface area contributed by atoms with Crippen LogP contribution in [0.3, 0.4) is 0 Å². The van der Waals surface area contributed by atoms with Crippen LogP contribution in [-0.4, -0.2) is 38.7 Å². The summed E-state index contributed by atoms with van der Waals surface area (Å²) >= 11 is 0. The minimum atomic E-state index is -3.01. The first-order chi connectivity index (χ1) is 17.9. The second kappa shape index (κ2) is 8.95. The molecule has 1 fully saturated rings. The fourth-order valence-electron chi connectivity index (χ4n) is 5.03.